The summed E-state index contributed by atoms with van der Waals surface area (Å²) in [5.74, 6) is 2.48. The molecule has 1 aliphatic heterocycles. The fourth-order valence-electron chi connectivity index (χ4n) is 4.07. The highest BCUT2D eigenvalue weighted by Gasteiger charge is 2.29. The summed E-state index contributed by atoms with van der Waals surface area (Å²) in [6.45, 7) is 8.01. The third-order valence-corrected chi connectivity index (χ3v) is 6.09. The lowest BCUT2D eigenvalue weighted by atomic mass is 9.96. The summed E-state index contributed by atoms with van der Waals surface area (Å²) in [7, 11) is 0. The Balaban J connectivity index is 1.44. The molecule has 1 aromatic carbocycles. The third kappa shape index (κ3) is 4.29. The molecule has 158 valence electrons. The molecule has 0 spiro atoms. The van der Waals surface area contributed by atoms with Crippen LogP contribution in [0.3, 0.4) is 0 Å². The number of hydrogen-bond acceptors (Lipinski definition) is 5. The van der Waals surface area contributed by atoms with Crippen molar-refractivity contribution in [1.82, 2.24) is 15.3 Å². The van der Waals surface area contributed by atoms with E-state index in [4.69, 9.17) is 21.0 Å². The minimum absolute atomic E-state index is 0.0532. The lowest BCUT2D eigenvalue weighted by Gasteiger charge is -2.33. The van der Waals surface area contributed by atoms with Crippen LogP contribution in [0.1, 0.15) is 35.6 Å². The smallest absolute Gasteiger partial charge is 0.231 e. The molecule has 0 aliphatic carbocycles. The number of nitrogens with zero attached hydrogens (tertiary/aromatic N) is 3. The number of nitrogens with one attached hydrogen (secondary N) is 1. The number of carbonyl (C=O) groups is 1. The molecule has 1 N–H and O–H groups in total. The number of benzene rings is 1. The normalized spacial score (nSPS) is 16.8. The van der Waals surface area contributed by atoms with Gasteiger partial charge in [0.25, 0.3) is 0 Å². The Hall–Kier alpha value is -2.60. The van der Waals surface area contributed by atoms with Gasteiger partial charge in [-0.15, -0.1) is 0 Å². The van der Waals surface area contributed by atoms with E-state index in [0.717, 1.165) is 58.9 Å². The Morgan fingerprint density at radius 2 is 2.00 bits per heavy atom. The van der Waals surface area contributed by atoms with Crippen molar-refractivity contribution in [2.45, 2.75) is 40.0 Å². The lowest BCUT2D eigenvalue weighted by Crippen LogP contribution is -2.44. The van der Waals surface area contributed by atoms with Gasteiger partial charge in [-0.1, -0.05) is 23.7 Å². The second-order valence-corrected chi connectivity index (χ2v) is 8.45. The van der Waals surface area contributed by atoms with Crippen molar-refractivity contribution >= 4 is 34.4 Å². The molecule has 1 amide bonds. The molecule has 0 radical (unpaired) electrons. The summed E-state index contributed by atoms with van der Waals surface area (Å²) in [5.41, 5.74) is 2.85. The number of aryl methyl sites for hydroxylation is 3. The molecule has 3 aromatic rings. The van der Waals surface area contributed by atoms with E-state index in [-0.39, 0.29) is 11.8 Å². The highest BCUT2D eigenvalue weighted by atomic mass is 35.5. The number of amides is 1. The highest BCUT2D eigenvalue weighted by Crippen LogP contribution is 2.33. The quantitative estimate of drug-likeness (QED) is 0.655. The van der Waals surface area contributed by atoms with Gasteiger partial charge in [0.1, 0.15) is 17.4 Å². The van der Waals surface area contributed by atoms with Crippen molar-refractivity contribution in [3.63, 3.8) is 0 Å². The van der Waals surface area contributed by atoms with Crippen LogP contribution in [0.2, 0.25) is 5.02 Å². The second kappa shape index (κ2) is 8.64. The Morgan fingerprint density at radius 1 is 1.23 bits per heavy atom. The number of rotatable bonds is 5. The minimum atomic E-state index is -0.0532. The summed E-state index contributed by atoms with van der Waals surface area (Å²) in [6, 6.07) is 7.74. The summed E-state index contributed by atoms with van der Waals surface area (Å²) >= 11 is 5.93. The Labute approximate surface area is 181 Å². The Bertz CT molecular complexity index is 1060. The van der Waals surface area contributed by atoms with Crippen molar-refractivity contribution in [3.8, 4) is 0 Å². The van der Waals surface area contributed by atoms with Gasteiger partial charge in [0.15, 0.2) is 0 Å². The van der Waals surface area contributed by atoms with Crippen LogP contribution in [0, 0.1) is 26.7 Å². The Kier molecular flexibility index (Phi) is 5.95. The fraction of sp³-hybridized carbons (Fsp3) is 0.435. The maximum Gasteiger partial charge on any atom is 0.231 e. The number of hydrogen-bond donors (Lipinski definition) is 1. The van der Waals surface area contributed by atoms with E-state index in [0.29, 0.717) is 24.6 Å². The van der Waals surface area contributed by atoms with Crippen LogP contribution in [-0.4, -0.2) is 35.5 Å². The predicted molar refractivity (Wildman–Crippen MR) is 119 cm³/mol. The van der Waals surface area contributed by atoms with E-state index < -0.39 is 0 Å². The van der Waals surface area contributed by atoms with E-state index in [9.17, 15) is 4.79 Å². The monoisotopic (exact) mass is 426 g/mol. The average molecular weight is 427 g/mol. The number of carbonyl (C=O) groups excluding carboxylic acids is 1. The summed E-state index contributed by atoms with van der Waals surface area (Å²) in [4.78, 5) is 24.2. The number of halogens is 1. The maximum absolute atomic E-state index is 12.8. The van der Waals surface area contributed by atoms with Crippen LogP contribution >= 0.6 is 11.6 Å². The summed E-state index contributed by atoms with van der Waals surface area (Å²) < 4.78 is 5.82. The lowest BCUT2D eigenvalue weighted by molar-refractivity contribution is -0.125. The molecule has 0 saturated carbocycles. The molecule has 1 atom stereocenters. The van der Waals surface area contributed by atoms with Crippen LogP contribution in [0.5, 0.6) is 0 Å². The van der Waals surface area contributed by atoms with Crippen LogP contribution < -0.4 is 10.2 Å². The van der Waals surface area contributed by atoms with Gasteiger partial charge in [0, 0.05) is 30.2 Å². The van der Waals surface area contributed by atoms with E-state index in [1.165, 1.54) is 0 Å². The molecule has 7 heteroatoms. The molecule has 30 heavy (non-hydrogen) atoms. The SMILES string of the molecule is Cc1nc(N2CCC[C@H](C(=O)NCCc3ccc(Cl)cc3)C2)c2c(C)c(C)oc2n1. The minimum Gasteiger partial charge on any atom is -0.443 e. The Morgan fingerprint density at radius 3 is 2.77 bits per heavy atom. The topological polar surface area (TPSA) is 71.3 Å². The zero-order valence-electron chi connectivity index (χ0n) is 17.7. The van der Waals surface area contributed by atoms with E-state index in [1.807, 2.05) is 45.0 Å². The van der Waals surface area contributed by atoms with E-state index >= 15 is 0 Å². The number of aromatic nitrogens is 2. The van der Waals surface area contributed by atoms with E-state index in [2.05, 4.69) is 15.2 Å². The standard InChI is InChI=1S/C23H27ClN4O2/c1-14-15(2)30-23-20(14)21(26-16(3)27-23)28-12-4-5-18(13-28)22(29)25-11-10-17-6-8-19(24)9-7-17/h6-9,18H,4-5,10-13H2,1-3H3,(H,25,29)/t18-/m0/s1. The first-order chi connectivity index (χ1) is 14.4. The maximum atomic E-state index is 12.8. The average Bonchev–Trinajstić information content (AvgIpc) is 3.02. The molecule has 1 saturated heterocycles. The molecular weight excluding hydrogens is 400 g/mol. The van der Waals surface area contributed by atoms with Crippen LogP contribution in [0.25, 0.3) is 11.1 Å². The molecular formula is C23H27ClN4O2. The molecule has 4 rings (SSSR count). The largest absolute Gasteiger partial charge is 0.443 e. The highest BCUT2D eigenvalue weighted by molar-refractivity contribution is 6.30. The first-order valence-electron chi connectivity index (χ1n) is 10.4. The van der Waals surface area contributed by atoms with Gasteiger partial charge in [-0.3, -0.25) is 4.79 Å². The van der Waals surface area contributed by atoms with Crippen LogP contribution in [-0.2, 0) is 11.2 Å². The summed E-state index contributed by atoms with van der Waals surface area (Å²) in [5, 5.41) is 4.79. The van der Waals surface area contributed by atoms with Gasteiger partial charge in [-0.2, -0.15) is 4.98 Å². The molecule has 6 nitrogen and oxygen atoms in total. The molecule has 1 aliphatic rings. The number of fused-ring (bicyclic) bond motifs is 1. The van der Waals surface area contributed by atoms with Crippen molar-refractivity contribution < 1.29 is 9.21 Å². The van der Waals surface area contributed by atoms with Crippen LogP contribution in [0.15, 0.2) is 28.7 Å². The van der Waals surface area contributed by atoms with Gasteiger partial charge in [-0.05, 0) is 57.7 Å². The number of piperidine rings is 1. The van der Waals surface area contributed by atoms with Crippen molar-refractivity contribution in [2.24, 2.45) is 5.92 Å². The van der Waals surface area contributed by atoms with Gasteiger partial charge < -0.3 is 14.6 Å². The van der Waals surface area contributed by atoms with Gasteiger partial charge in [0.2, 0.25) is 11.6 Å². The first-order valence-corrected chi connectivity index (χ1v) is 10.8. The number of furan rings is 1. The second-order valence-electron chi connectivity index (χ2n) is 8.01. The molecule has 2 aromatic heterocycles. The number of anilines is 1. The molecule has 1 fully saturated rings. The van der Waals surface area contributed by atoms with Crippen molar-refractivity contribution in [2.75, 3.05) is 24.5 Å². The van der Waals surface area contributed by atoms with Gasteiger partial charge in [-0.25, -0.2) is 4.98 Å². The first kappa shape index (κ1) is 20.7. The molecule has 3 heterocycles. The molecule has 0 bridgehead atoms. The fourth-order valence-corrected chi connectivity index (χ4v) is 4.20. The zero-order valence-corrected chi connectivity index (χ0v) is 18.4. The molecule has 0 unspecified atom stereocenters. The van der Waals surface area contributed by atoms with Crippen molar-refractivity contribution in [3.05, 3.63) is 52.0 Å². The summed E-state index contributed by atoms with van der Waals surface area (Å²) in [6.07, 6.45) is 2.63. The van der Waals surface area contributed by atoms with Crippen LogP contribution in [0.4, 0.5) is 5.82 Å². The van der Waals surface area contributed by atoms with Gasteiger partial charge >= 0.3 is 0 Å². The van der Waals surface area contributed by atoms with E-state index in [1.54, 1.807) is 0 Å². The van der Waals surface area contributed by atoms with Crippen molar-refractivity contribution in [1.29, 1.82) is 0 Å². The zero-order chi connectivity index (χ0) is 21.3. The predicted octanol–water partition coefficient (Wildman–Crippen LogP) is 4.38. The third-order valence-electron chi connectivity index (χ3n) is 5.84. The van der Waals surface area contributed by atoms with Gasteiger partial charge in [0.05, 0.1) is 11.3 Å².